The molecular formula is C31H44. The zero-order chi connectivity index (χ0) is 21.5. The molecule has 168 valence electrons. The lowest BCUT2D eigenvalue weighted by Crippen LogP contribution is -2.13. The molecule has 0 radical (unpaired) electrons. The predicted octanol–water partition coefficient (Wildman–Crippen LogP) is 9.89. The first-order valence-corrected chi connectivity index (χ1v) is 13.4. The summed E-state index contributed by atoms with van der Waals surface area (Å²) in [7, 11) is 0. The number of hydrogen-bond acceptors (Lipinski definition) is 0. The van der Waals surface area contributed by atoms with Crippen LogP contribution in [0.25, 0.3) is 11.1 Å². The van der Waals surface area contributed by atoms with Crippen molar-refractivity contribution >= 4 is 0 Å². The highest BCUT2D eigenvalue weighted by atomic mass is 14.3. The fraction of sp³-hybridized carbons (Fsp3) is 0.613. The molecule has 0 bridgehead atoms. The van der Waals surface area contributed by atoms with Gasteiger partial charge in [0.05, 0.1) is 0 Å². The lowest BCUT2D eigenvalue weighted by molar-refractivity contribution is 0.302. The maximum Gasteiger partial charge on any atom is -0.0162 e. The Hall–Kier alpha value is -1.56. The van der Waals surface area contributed by atoms with Gasteiger partial charge in [0.25, 0.3) is 0 Å². The Morgan fingerprint density at radius 3 is 1.55 bits per heavy atom. The normalized spacial score (nSPS) is 26.6. The maximum absolute atomic E-state index is 2.41. The maximum atomic E-state index is 2.41. The zero-order valence-corrected chi connectivity index (χ0v) is 20.1. The number of hydrogen-bond donors (Lipinski definition) is 0. The van der Waals surface area contributed by atoms with Crippen LogP contribution in [0.15, 0.2) is 48.5 Å². The molecule has 2 fully saturated rings. The van der Waals surface area contributed by atoms with E-state index in [0.717, 1.165) is 23.7 Å². The summed E-state index contributed by atoms with van der Waals surface area (Å²) >= 11 is 0. The Balaban J connectivity index is 1.28. The van der Waals surface area contributed by atoms with Gasteiger partial charge in [-0.15, -0.1) is 0 Å². The van der Waals surface area contributed by atoms with E-state index in [0.29, 0.717) is 0 Å². The van der Waals surface area contributed by atoms with Gasteiger partial charge in [-0.25, -0.2) is 0 Å². The highest BCUT2D eigenvalue weighted by Gasteiger charge is 2.22. The molecule has 31 heavy (non-hydrogen) atoms. The summed E-state index contributed by atoms with van der Waals surface area (Å²) in [5.41, 5.74) is 5.87. The van der Waals surface area contributed by atoms with Crippen molar-refractivity contribution in [1.82, 2.24) is 0 Å². The largest absolute Gasteiger partial charge is 0.0654 e. The molecule has 4 rings (SSSR count). The first-order chi connectivity index (χ1) is 15.2. The van der Waals surface area contributed by atoms with Crippen molar-refractivity contribution in [1.29, 1.82) is 0 Å². The zero-order valence-electron chi connectivity index (χ0n) is 20.1. The smallest absolute Gasteiger partial charge is 0.0162 e. The van der Waals surface area contributed by atoms with Crippen LogP contribution in [0.1, 0.15) is 120 Å². The molecule has 2 aliphatic carbocycles. The highest BCUT2D eigenvalue weighted by Crippen LogP contribution is 2.39. The van der Waals surface area contributed by atoms with Gasteiger partial charge < -0.3 is 0 Å². The predicted molar refractivity (Wildman–Crippen MR) is 136 cm³/mol. The number of unbranched alkanes of at least 4 members (excludes halogenated alkanes) is 3. The third-order valence-electron chi connectivity index (χ3n) is 8.43. The first-order valence-electron chi connectivity index (χ1n) is 13.4. The van der Waals surface area contributed by atoms with Crippen LogP contribution in [-0.4, -0.2) is 0 Å². The quantitative estimate of drug-likeness (QED) is 0.375. The summed E-state index contributed by atoms with van der Waals surface area (Å²) in [5.74, 6) is 3.50. The van der Waals surface area contributed by atoms with Crippen molar-refractivity contribution in [3.63, 3.8) is 0 Å². The SMILES string of the molecule is CCCCCCC1CCC(c2ccc(-c3ccc(C4CCC(C)CC4)cc3)cc2)CC1. The highest BCUT2D eigenvalue weighted by molar-refractivity contribution is 5.64. The van der Waals surface area contributed by atoms with Gasteiger partial charge in [0.15, 0.2) is 0 Å². The lowest BCUT2D eigenvalue weighted by atomic mass is 9.77. The molecule has 0 unspecified atom stereocenters. The average Bonchev–Trinajstić information content (AvgIpc) is 2.83. The van der Waals surface area contributed by atoms with Gasteiger partial charge >= 0.3 is 0 Å². The molecule has 0 nitrogen and oxygen atoms in total. The first kappa shape index (κ1) is 22.6. The molecule has 0 atom stereocenters. The van der Waals surface area contributed by atoms with E-state index in [9.17, 15) is 0 Å². The number of benzene rings is 2. The molecule has 0 aliphatic heterocycles. The van der Waals surface area contributed by atoms with Crippen molar-refractivity contribution in [2.45, 2.75) is 109 Å². The molecule has 0 N–H and O–H groups in total. The van der Waals surface area contributed by atoms with Crippen LogP contribution < -0.4 is 0 Å². The monoisotopic (exact) mass is 416 g/mol. The Labute approximate surface area is 191 Å². The summed E-state index contributed by atoms with van der Waals surface area (Å²) in [4.78, 5) is 0. The van der Waals surface area contributed by atoms with E-state index in [4.69, 9.17) is 0 Å². The minimum atomic E-state index is 0.786. The Morgan fingerprint density at radius 2 is 1.06 bits per heavy atom. The van der Waals surface area contributed by atoms with E-state index in [2.05, 4.69) is 62.4 Å². The second-order valence-electron chi connectivity index (χ2n) is 10.8. The fourth-order valence-corrected chi connectivity index (χ4v) is 6.13. The van der Waals surface area contributed by atoms with Gasteiger partial charge in [-0.3, -0.25) is 0 Å². The van der Waals surface area contributed by atoms with E-state index in [1.807, 2.05) is 0 Å². The van der Waals surface area contributed by atoms with Crippen molar-refractivity contribution in [3.05, 3.63) is 59.7 Å². The van der Waals surface area contributed by atoms with Crippen molar-refractivity contribution in [2.75, 3.05) is 0 Å². The Morgan fingerprint density at radius 1 is 0.581 bits per heavy atom. The molecule has 2 saturated carbocycles. The molecule has 0 heterocycles. The van der Waals surface area contributed by atoms with E-state index in [1.54, 1.807) is 11.1 Å². The van der Waals surface area contributed by atoms with E-state index < -0.39 is 0 Å². The minimum Gasteiger partial charge on any atom is -0.0654 e. The summed E-state index contributed by atoms with van der Waals surface area (Å²) < 4.78 is 0. The fourth-order valence-electron chi connectivity index (χ4n) is 6.13. The third-order valence-corrected chi connectivity index (χ3v) is 8.43. The van der Waals surface area contributed by atoms with Crippen LogP contribution in [0, 0.1) is 11.8 Å². The molecule has 0 heteroatoms. The second-order valence-corrected chi connectivity index (χ2v) is 10.8. The van der Waals surface area contributed by atoms with Gasteiger partial charge in [0.2, 0.25) is 0 Å². The summed E-state index contributed by atoms with van der Waals surface area (Å²) in [6, 6.07) is 19.1. The average molecular weight is 417 g/mol. The summed E-state index contributed by atoms with van der Waals surface area (Å²) in [5, 5.41) is 0. The van der Waals surface area contributed by atoms with Crippen molar-refractivity contribution in [2.24, 2.45) is 11.8 Å². The van der Waals surface area contributed by atoms with E-state index >= 15 is 0 Å². The Bertz CT molecular complexity index is 753. The molecule has 2 aromatic rings. The standard InChI is InChI=1S/C31H44/c1-3-4-5-6-7-25-10-14-27(15-11-25)29-18-22-31(23-19-29)30-20-16-28(17-21-30)26-12-8-24(2)9-13-26/h16-27H,3-15H2,1-2H3. The lowest BCUT2D eigenvalue weighted by Gasteiger charge is -2.29. The minimum absolute atomic E-state index is 0.786. The molecular weight excluding hydrogens is 372 g/mol. The van der Waals surface area contributed by atoms with E-state index in [-0.39, 0.29) is 0 Å². The summed E-state index contributed by atoms with van der Waals surface area (Å²) in [6.45, 7) is 4.71. The van der Waals surface area contributed by atoms with Gasteiger partial charge in [0, 0.05) is 0 Å². The van der Waals surface area contributed by atoms with Gasteiger partial charge in [0.1, 0.15) is 0 Å². The molecule has 0 spiro atoms. The molecule has 0 amide bonds. The topological polar surface area (TPSA) is 0 Å². The molecule has 2 aliphatic rings. The van der Waals surface area contributed by atoms with Crippen LogP contribution >= 0.6 is 0 Å². The van der Waals surface area contributed by atoms with Gasteiger partial charge in [-0.1, -0.05) is 107 Å². The van der Waals surface area contributed by atoms with Crippen LogP contribution in [0.4, 0.5) is 0 Å². The van der Waals surface area contributed by atoms with Crippen molar-refractivity contribution in [3.8, 4) is 11.1 Å². The van der Waals surface area contributed by atoms with Gasteiger partial charge in [-0.05, 0) is 84.5 Å². The summed E-state index contributed by atoms with van der Waals surface area (Å²) in [6.07, 6.45) is 18.4. The Kier molecular flexibility index (Phi) is 8.28. The number of rotatable bonds is 8. The molecule has 2 aromatic carbocycles. The van der Waals surface area contributed by atoms with Crippen LogP contribution in [0.2, 0.25) is 0 Å². The van der Waals surface area contributed by atoms with Crippen LogP contribution in [-0.2, 0) is 0 Å². The van der Waals surface area contributed by atoms with Crippen LogP contribution in [0.5, 0.6) is 0 Å². The molecule has 0 saturated heterocycles. The molecule has 0 aromatic heterocycles. The van der Waals surface area contributed by atoms with Crippen molar-refractivity contribution < 1.29 is 0 Å². The second kappa shape index (κ2) is 11.3. The van der Waals surface area contributed by atoms with Gasteiger partial charge in [-0.2, -0.15) is 0 Å². The van der Waals surface area contributed by atoms with E-state index in [1.165, 1.54) is 94.6 Å². The van der Waals surface area contributed by atoms with Crippen LogP contribution in [0.3, 0.4) is 0 Å². The third kappa shape index (κ3) is 6.24.